The van der Waals surface area contributed by atoms with Crippen LogP contribution in [0.2, 0.25) is 0 Å². The third kappa shape index (κ3) is 3.81. The maximum atomic E-state index is 13.2. The summed E-state index contributed by atoms with van der Waals surface area (Å²) in [5.41, 5.74) is 5.83. The number of benzene rings is 1. The number of halogens is 2. The fraction of sp³-hybridized carbons (Fsp3) is 0.500. The highest BCUT2D eigenvalue weighted by atomic mass is 19.3. The lowest BCUT2D eigenvalue weighted by molar-refractivity contribution is -0.137. The Morgan fingerprint density at radius 1 is 1.24 bits per heavy atom. The topological polar surface area (TPSA) is 81.8 Å². The molecule has 1 heterocycles. The number of aliphatic carboxylic acids is 1. The van der Waals surface area contributed by atoms with E-state index in [0.717, 1.165) is 0 Å². The van der Waals surface area contributed by atoms with Crippen LogP contribution in [-0.2, 0) is 4.79 Å². The van der Waals surface area contributed by atoms with E-state index in [1.807, 2.05) is 0 Å². The van der Waals surface area contributed by atoms with E-state index in [0.29, 0.717) is 25.4 Å². The molecule has 0 saturated carbocycles. The van der Waals surface area contributed by atoms with Crippen LogP contribution >= 0.6 is 0 Å². The first-order valence-electron chi connectivity index (χ1n) is 6.68. The summed E-state index contributed by atoms with van der Waals surface area (Å²) in [5, 5.41) is 8.67. The van der Waals surface area contributed by atoms with Gasteiger partial charge in [0.1, 0.15) is 0 Å². The number of hydrogen-bond acceptors (Lipinski definition) is 4. The van der Waals surface area contributed by atoms with Gasteiger partial charge in [-0.05, 0) is 24.1 Å². The third-order valence-corrected chi connectivity index (χ3v) is 3.26. The maximum Gasteiger partial charge on any atom is 0.303 e. The summed E-state index contributed by atoms with van der Waals surface area (Å²) in [7, 11) is 0. The number of carboxylic acid groups (broad SMARTS) is 1. The second kappa shape index (κ2) is 6.71. The first kappa shape index (κ1) is 15.5. The summed E-state index contributed by atoms with van der Waals surface area (Å²) in [5.74, 6) is -0.368. The summed E-state index contributed by atoms with van der Waals surface area (Å²) >= 11 is 0. The lowest BCUT2D eigenvalue weighted by atomic mass is 9.96. The molecule has 1 atom stereocenters. The molecule has 0 bridgehead atoms. The largest absolute Gasteiger partial charge is 0.490 e. The van der Waals surface area contributed by atoms with Crippen LogP contribution in [0.15, 0.2) is 12.1 Å². The van der Waals surface area contributed by atoms with Gasteiger partial charge in [-0.3, -0.25) is 4.79 Å². The van der Waals surface area contributed by atoms with Crippen molar-refractivity contribution in [2.24, 2.45) is 5.73 Å². The van der Waals surface area contributed by atoms with Crippen molar-refractivity contribution in [2.75, 3.05) is 13.2 Å². The molecule has 5 nitrogen and oxygen atoms in total. The van der Waals surface area contributed by atoms with E-state index in [2.05, 4.69) is 0 Å². The molecule has 0 saturated heterocycles. The Bertz CT molecular complexity index is 522. The van der Waals surface area contributed by atoms with Crippen molar-refractivity contribution in [1.82, 2.24) is 0 Å². The van der Waals surface area contributed by atoms with Gasteiger partial charge in [0.15, 0.2) is 11.5 Å². The Morgan fingerprint density at radius 3 is 2.33 bits per heavy atom. The highest BCUT2D eigenvalue weighted by Gasteiger charge is 2.23. The van der Waals surface area contributed by atoms with E-state index in [4.69, 9.17) is 20.3 Å². The number of nitrogens with two attached hydrogens (primary N) is 1. The summed E-state index contributed by atoms with van der Waals surface area (Å²) in [6.45, 7) is 0.838. The van der Waals surface area contributed by atoms with Gasteiger partial charge in [0.05, 0.1) is 13.2 Å². The van der Waals surface area contributed by atoms with E-state index >= 15 is 0 Å². The summed E-state index contributed by atoms with van der Waals surface area (Å²) in [4.78, 5) is 10.6. The van der Waals surface area contributed by atoms with Gasteiger partial charge in [0.25, 0.3) is 6.43 Å². The number of hydrogen-bond donors (Lipinski definition) is 2. The van der Waals surface area contributed by atoms with Crippen LogP contribution in [0.5, 0.6) is 11.5 Å². The fourth-order valence-electron chi connectivity index (χ4n) is 2.18. The lowest BCUT2D eigenvalue weighted by Crippen LogP contribution is -2.15. The first-order chi connectivity index (χ1) is 9.99. The van der Waals surface area contributed by atoms with Crippen LogP contribution in [-0.4, -0.2) is 24.3 Å². The molecule has 7 heteroatoms. The predicted octanol–water partition coefficient (Wildman–Crippen LogP) is 2.65. The molecule has 1 aliphatic rings. The molecule has 2 rings (SSSR count). The van der Waals surface area contributed by atoms with Gasteiger partial charge in [0, 0.05) is 24.4 Å². The fourth-order valence-corrected chi connectivity index (χ4v) is 2.18. The lowest BCUT2D eigenvalue weighted by Gasteiger charge is -2.18. The van der Waals surface area contributed by atoms with E-state index in [1.165, 1.54) is 12.1 Å². The van der Waals surface area contributed by atoms with Gasteiger partial charge < -0.3 is 20.3 Å². The molecule has 1 aromatic carbocycles. The number of ether oxygens (including phenoxy) is 2. The Balaban J connectivity index is 2.33. The third-order valence-electron chi connectivity index (χ3n) is 3.26. The van der Waals surface area contributed by atoms with Crippen molar-refractivity contribution in [3.63, 3.8) is 0 Å². The highest BCUT2D eigenvalue weighted by Crippen LogP contribution is 2.39. The van der Waals surface area contributed by atoms with Crippen molar-refractivity contribution in [2.45, 2.75) is 31.7 Å². The van der Waals surface area contributed by atoms with Crippen molar-refractivity contribution in [3.05, 3.63) is 23.3 Å². The van der Waals surface area contributed by atoms with Crippen LogP contribution in [0.3, 0.4) is 0 Å². The number of rotatable bonds is 5. The van der Waals surface area contributed by atoms with Gasteiger partial charge in [-0.2, -0.15) is 0 Å². The van der Waals surface area contributed by atoms with E-state index in [9.17, 15) is 13.6 Å². The van der Waals surface area contributed by atoms with Crippen LogP contribution in [0.1, 0.15) is 42.9 Å². The quantitative estimate of drug-likeness (QED) is 0.873. The molecule has 116 valence electrons. The van der Waals surface area contributed by atoms with E-state index < -0.39 is 18.4 Å². The van der Waals surface area contributed by atoms with Gasteiger partial charge in [-0.25, -0.2) is 8.78 Å². The monoisotopic (exact) mass is 301 g/mol. The predicted molar refractivity (Wildman–Crippen MR) is 70.8 cm³/mol. The Labute approximate surface area is 120 Å². The van der Waals surface area contributed by atoms with Gasteiger partial charge >= 0.3 is 5.97 Å². The minimum Gasteiger partial charge on any atom is -0.490 e. The van der Waals surface area contributed by atoms with Gasteiger partial charge in [-0.1, -0.05) is 0 Å². The second-order valence-corrected chi connectivity index (χ2v) is 4.82. The number of carboxylic acids is 1. The number of carbonyl (C=O) groups is 1. The minimum atomic E-state index is -2.71. The normalized spacial score (nSPS) is 15.6. The average Bonchev–Trinajstić information content (AvgIpc) is 2.67. The number of fused-ring (bicyclic) bond motifs is 1. The highest BCUT2D eigenvalue weighted by molar-refractivity contribution is 5.66. The maximum absolute atomic E-state index is 13.2. The SMILES string of the molecule is NC(CCC(=O)O)c1cc2c(cc1C(F)F)OCCCO2. The molecular weight excluding hydrogens is 284 g/mol. The Kier molecular flexibility index (Phi) is 4.95. The molecule has 0 fully saturated rings. The second-order valence-electron chi connectivity index (χ2n) is 4.82. The smallest absolute Gasteiger partial charge is 0.303 e. The molecule has 0 spiro atoms. The van der Waals surface area contributed by atoms with Crippen LogP contribution in [0, 0.1) is 0 Å². The van der Waals surface area contributed by atoms with E-state index in [-0.39, 0.29) is 29.7 Å². The zero-order chi connectivity index (χ0) is 15.4. The molecule has 1 unspecified atom stereocenters. The van der Waals surface area contributed by atoms with Gasteiger partial charge in [0.2, 0.25) is 0 Å². The summed E-state index contributed by atoms with van der Waals surface area (Å²) in [6.07, 6.45) is -2.15. The first-order valence-corrected chi connectivity index (χ1v) is 6.68. The summed E-state index contributed by atoms with van der Waals surface area (Å²) < 4.78 is 37.2. The average molecular weight is 301 g/mol. The van der Waals surface area contributed by atoms with Gasteiger partial charge in [-0.15, -0.1) is 0 Å². The molecule has 1 aromatic rings. The Hall–Kier alpha value is -1.89. The molecule has 1 aliphatic heterocycles. The molecule has 0 radical (unpaired) electrons. The molecule has 3 N–H and O–H groups in total. The standard InChI is InChI=1S/C14H17F2NO4/c15-14(16)9-7-12-11(20-4-1-5-21-12)6-8(9)10(17)2-3-13(18)19/h6-7,10,14H,1-5,17H2,(H,18,19). The molecule has 0 amide bonds. The molecular formula is C14H17F2NO4. The number of alkyl halides is 2. The van der Waals surface area contributed by atoms with Crippen molar-refractivity contribution in [3.8, 4) is 11.5 Å². The van der Waals surface area contributed by atoms with Crippen LogP contribution in [0.25, 0.3) is 0 Å². The van der Waals surface area contributed by atoms with Crippen molar-refractivity contribution < 1.29 is 28.2 Å². The van der Waals surface area contributed by atoms with Crippen molar-refractivity contribution >= 4 is 5.97 Å². The minimum absolute atomic E-state index is 0.0781. The molecule has 0 aromatic heterocycles. The molecule has 21 heavy (non-hydrogen) atoms. The Morgan fingerprint density at radius 2 is 1.81 bits per heavy atom. The zero-order valence-corrected chi connectivity index (χ0v) is 11.4. The van der Waals surface area contributed by atoms with Crippen LogP contribution in [0.4, 0.5) is 8.78 Å². The zero-order valence-electron chi connectivity index (χ0n) is 11.4. The molecule has 0 aliphatic carbocycles. The van der Waals surface area contributed by atoms with E-state index in [1.54, 1.807) is 0 Å². The van der Waals surface area contributed by atoms with Crippen molar-refractivity contribution in [1.29, 1.82) is 0 Å². The summed E-state index contributed by atoms with van der Waals surface area (Å²) in [6, 6.07) is 1.89. The van der Waals surface area contributed by atoms with Crippen LogP contribution < -0.4 is 15.2 Å².